The van der Waals surface area contributed by atoms with Crippen molar-refractivity contribution in [3.8, 4) is 0 Å². The highest BCUT2D eigenvalue weighted by molar-refractivity contribution is 5.81. The van der Waals surface area contributed by atoms with Crippen LogP contribution in [0.4, 0.5) is 4.79 Å². The number of hydrogen-bond donors (Lipinski definition) is 1. The molecule has 5 nitrogen and oxygen atoms in total. The van der Waals surface area contributed by atoms with Crippen LogP contribution < -0.4 is 5.32 Å². The summed E-state index contributed by atoms with van der Waals surface area (Å²) in [5.41, 5.74) is 0.909. The summed E-state index contributed by atoms with van der Waals surface area (Å²) in [5.74, 6) is -0.126. The molecule has 5 heteroatoms. The number of carbonyl (C=O) groups is 2. The van der Waals surface area contributed by atoms with Gasteiger partial charge in [-0.3, -0.25) is 4.79 Å². The molecule has 1 N–H and O–H groups in total. The van der Waals surface area contributed by atoms with Gasteiger partial charge in [0.05, 0.1) is 0 Å². The van der Waals surface area contributed by atoms with Gasteiger partial charge in [0, 0.05) is 13.6 Å². The monoisotopic (exact) mass is 264 g/mol. The molecule has 1 aromatic rings. The molecule has 0 saturated carbocycles. The second kappa shape index (κ2) is 8.13. The second-order valence-electron chi connectivity index (χ2n) is 4.23. The third-order valence-corrected chi connectivity index (χ3v) is 2.58. The highest BCUT2D eigenvalue weighted by atomic mass is 16.5. The minimum Gasteiger partial charge on any atom is -0.445 e. The predicted octanol–water partition coefficient (Wildman–Crippen LogP) is 1.78. The van der Waals surface area contributed by atoms with Crippen molar-refractivity contribution in [2.24, 2.45) is 0 Å². The molecule has 19 heavy (non-hydrogen) atoms. The Morgan fingerprint density at radius 2 is 1.95 bits per heavy atom. The number of benzene rings is 1. The first kappa shape index (κ1) is 15.0. The summed E-state index contributed by atoms with van der Waals surface area (Å²) in [6.45, 7) is 2.83. The Balaban J connectivity index is 2.23. The van der Waals surface area contributed by atoms with Crippen LogP contribution in [0.2, 0.25) is 0 Å². The van der Waals surface area contributed by atoms with Gasteiger partial charge in [-0.15, -0.1) is 0 Å². The molecular formula is C14H20N2O3. The first-order chi connectivity index (χ1) is 9.13. The van der Waals surface area contributed by atoms with Crippen molar-refractivity contribution in [1.82, 2.24) is 10.2 Å². The highest BCUT2D eigenvalue weighted by Gasteiger charge is 2.10. The summed E-state index contributed by atoms with van der Waals surface area (Å²) in [7, 11) is 1.71. The van der Waals surface area contributed by atoms with Gasteiger partial charge in [-0.05, 0) is 12.0 Å². The van der Waals surface area contributed by atoms with Crippen molar-refractivity contribution in [2.75, 3.05) is 20.1 Å². The lowest BCUT2D eigenvalue weighted by Gasteiger charge is -2.16. The molecular weight excluding hydrogens is 244 g/mol. The van der Waals surface area contributed by atoms with Crippen LogP contribution in [0.1, 0.15) is 18.9 Å². The zero-order valence-electron chi connectivity index (χ0n) is 11.4. The molecule has 0 atom stereocenters. The molecule has 1 rings (SSSR count). The molecule has 1 aromatic carbocycles. The van der Waals surface area contributed by atoms with Crippen molar-refractivity contribution in [3.05, 3.63) is 35.9 Å². The standard InChI is InChI=1S/C14H20N2O3/c1-3-9-16(2)13(17)10-15-14(18)19-11-12-7-5-4-6-8-12/h4-8H,3,9-11H2,1-2H3,(H,15,18). The van der Waals surface area contributed by atoms with E-state index in [2.05, 4.69) is 5.32 Å². The number of hydrogen-bond acceptors (Lipinski definition) is 3. The summed E-state index contributed by atoms with van der Waals surface area (Å²) < 4.78 is 5.00. The molecule has 0 spiro atoms. The van der Waals surface area contributed by atoms with Crippen LogP contribution in [-0.2, 0) is 16.1 Å². The van der Waals surface area contributed by atoms with Gasteiger partial charge in [-0.2, -0.15) is 0 Å². The molecule has 0 aliphatic rings. The van der Waals surface area contributed by atoms with Crippen molar-refractivity contribution in [3.63, 3.8) is 0 Å². The van der Waals surface area contributed by atoms with Gasteiger partial charge < -0.3 is 15.0 Å². The van der Waals surface area contributed by atoms with E-state index < -0.39 is 6.09 Å². The Morgan fingerprint density at radius 1 is 1.26 bits per heavy atom. The van der Waals surface area contributed by atoms with Gasteiger partial charge in [-0.25, -0.2) is 4.79 Å². The average Bonchev–Trinajstić information content (AvgIpc) is 2.43. The molecule has 104 valence electrons. The first-order valence-electron chi connectivity index (χ1n) is 6.32. The molecule has 0 fully saturated rings. The van der Waals surface area contributed by atoms with Crippen molar-refractivity contribution in [2.45, 2.75) is 20.0 Å². The number of amides is 2. The van der Waals surface area contributed by atoms with Gasteiger partial charge in [0.25, 0.3) is 0 Å². The van der Waals surface area contributed by atoms with E-state index in [1.54, 1.807) is 11.9 Å². The molecule has 0 heterocycles. The van der Waals surface area contributed by atoms with E-state index in [9.17, 15) is 9.59 Å². The van der Waals surface area contributed by atoms with Crippen molar-refractivity contribution >= 4 is 12.0 Å². The molecule has 0 aliphatic carbocycles. The molecule has 0 saturated heterocycles. The van der Waals surface area contributed by atoms with E-state index in [-0.39, 0.29) is 19.1 Å². The number of carbonyl (C=O) groups excluding carboxylic acids is 2. The molecule has 0 bridgehead atoms. The van der Waals surface area contributed by atoms with Gasteiger partial charge in [0.2, 0.25) is 5.91 Å². The fraction of sp³-hybridized carbons (Fsp3) is 0.429. The summed E-state index contributed by atoms with van der Waals surface area (Å²) in [4.78, 5) is 24.5. The molecule has 0 aromatic heterocycles. The summed E-state index contributed by atoms with van der Waals surface area (Å²) in [6.07, 6.45) is 0.308. The minimum atomic E-state index is -0.581. The zero-order chi connectivity index (χ0) is 14.1. The Morgan fingerprint density at radius 3 is 2.58 bits per heavy atom. The number of nitrogens with zero attached hydrogens (tertiary/aromatic N) is 1. The third kappa shape index (κ3) is 5.90. The fourth-order valence-corrected chi connectivity index (χ4v) is 1.52. The number of nitrogens with one attached hydrogen (secondary N) is 1. The number of likely N-dealkylation sites (N-methyl/N-ethyl adjacent to an activating group) is 1. The van der Waals surface area contributed by atoms with Gasteiger partial charge in [0.1, 0.15) is 13.2 Å². The Hall–Kier alpha value is -2.04. The normalized spacial score (nSPS) is 9.79. The third-order valence-electron chi connectivity index (χ3n) is 2.58. The minimum absolute atomic E-state index is 0.0376. The zero-order valence-corrected chi connectivity index (χ0v) is 11.4. The fourth-order valence-electron chi connectivity index (χ4n) is 1.52. The molecule has 0 aliphatic heterocycles. The lowest BCUT2D eigenvalue weighted by molar-refractivity contribution is -0.128. The number of ether oxygens (including phenoxy) is 1. The number of rotatable bonds is 6. The van der Waals surface area contributed by atoms with Crippen LogP contribution >= 0.6 is 0 Å². The first-order valence-corrected chi connectivity index (χ1v) is 6.32. The Kier molecular flexibility index (Phi) is 6.43. The summed E-state index contributed by atoms with van der Waals surface area (Å²) >= 11 is 0. The van der Waals surface area contributed by atoms with Crippen molar-refractivity contribution < 1.29 is 14.3 Å². The maximum Gasteiger partial charge on any atom is 0.407 e. The van der Waals surface area contributed by atoms with Crippen molar-refractivity contribution in [1.29, 1.82) is 0 Å². The highest BCUT2D eigenvalue weighted by Crippen LogP contribution is 2.00. The largest absolute Gasteiger partial charge is 0.445 e. The van der Waals surface area contributed by atoms with Gasteiger partial charge in [-0.1, -0.05) is 37.3 Å². The smallest absolute Gasteiger partial charge is 0.407 e. The quantitative estimate of drug-likeness (QED) is 0.852. The van der Waals surface area contributed by atoms with E-state index in [1.807, 2.05) is 37.3 Å². The van der Waals surface area contributed by atoms with Crippen LogP contribution in [0.3, 0.4) is 0 Å². The average molecular weight is 264 g/mol. The topological polar surface area (TPSA) is 58.6 Å². The van der Waals surface area contributed by atoms with Crippen LogP contribution in [-0.4, -0.2) is 37.0 Å². The molecule has 2 amide bonds. The Bertz CT molecular complexity index is 406. The van der Waals surface area contributed by atoms with E-state index in [0.717, 1.165) is 12.0 Å². The second-order valence-corrected chi connectivity index (χ2v) is 4.23. The number of alkyl carbamates (subject to hydrolysis) is 1. The van der Waals surface area contributed by atoms with Crippen LogP contribution in [0.25, 0.3) is 0 Å². The summed E-state index contributed by atoms with van der Waals surface area (Å²) in [6, 6.07) is 9.38. The van der Waals surface area contributed by atoms with Crippen LogP contribution in [0.15, 0.2) is 30.3 Å². The molecule has 0 unspecified atom stereocenters. The van der Waals surface area contributed by atoms with Crippen LogP contribution in [0, 0.1) is 0 Å². The van der Waals surface area contributed by atoms with Gasteiger partial charge in [0.15, 0.2) is 0 Å². The van der Waals surface area contributed by atoms with Crippen LogP contribution in [0.5, 0.6) is 0 Å². The maximum absolute atomic E-state index is 11.6. The lowest BCUT2D eigenvalue weighted by Crippen LogP contribution is -2.38. The summed E-state index contributed by atoms with van der Waals surface area (Å²) in [5, 5.41) is 2.44. The van der Waals surface area contributed by atoms with E-state index in [4.69, 9.17) is 4.74 Å². The maximum atomic E-state index is 11.6. The predicted molar refractivity (Wildman–Crippen MR) is 72.6 cm³/mol. The SMILES string of the molecule is CCCN(C)C(=O)CNC(=O)OCc1ccccc1. The Labute approximate surface area is 113 Å². The van der Waals surface area contributed by atoms with E-state index in [1.165, 1.54) is 0 Å². The van der Waals surface area contributed by atoms with E-state index in [0.29, 0.717) is 6.54 Å². The molecule has 0 radical (unpaired) electrons. The van der Waals surface area contributed by atoms with Gasteiger partial charge >= 0.3 is 6.09 Å². The lowest BCUT2D eigenvalue weighted by atomic mass is 10.2. The van der Waals surface area contributed by atoms with E-state index >= 15 is 0 Å².